The van der Waals surface area contributed by atoms with Crippen molar-refractivity contribution in [3.63, 3.8) is 0 Å². The molecule has 0 aliphatic carbocycles. The second-order valence-corrected chi connectivity index (χ2v) is 4.66. The molecule has 8 heteroatoms. The number of hydrogen-bond acceptors (Lipinski definition) is 5. The van der Waals surface area contributed by atoms with Gasteiger partial charge < -0.3 is 15.3 Å². The molecular formula is C11H19N5O3. The van der Waals surface area contributed by atoms with Crippen LogP contribution in [0.4, 0.5) is 0 Å². The van der Waals surface area contributed by atoms with Gasteiger partial charge in [-0.3, -0.25) is 9.59 Å². The van der Waals surface area contributed by atoms with E-state index in [1.165, 1.54) is 6.20 Å². The highest BCUT2D eigenvalue weighted by molar-refractivity contribution is 5.92. The van der Waals surface area contributed by atoms with Crippen LogP contribution in [-0.4, -0.2) is 63.6 Å². The smallest absolute Gasteiger partial charge is 0.325 e. The molecule has 0 aromatic carbocycles. The standard InChI is InChI=1S/C11H19N5O3/c1-8(4-5-15(2)3)12-11(19)9-6-16(14-13-9)7-10(17)18/h6,8H,4-5,7H2,1-3H3,(H,12,19)(H,17,18). The van der Waals surface area contributed by atoms with E-state index in [-0.39, 0.29) is 24.2 Å². The summed E-state index contributed by atoms with van der Waals surface area (Å²) in [5, 5.41) is 18.6. The van der Waals surface area contributed by atoms with Crippen molar-refractivity contribution in [2.75, 3.05) is 20.6 Å². The van der Waals surface area contributed by atoms with Crippen LogP contribution in [0.5, 0.6) is 0 Å². The number of amides is 1. The minimum Gasteiger partial charge on any atom is -0.480 e. The Morgan fingerprint density at radius 1 is 1.53 bits per heavy atom. The number of carboxylic acid groups (broad SMARTS) is 1. The number of aromatic nitrogens is 3. The van der Waals surface area contributed by atoms with Gasteiger partial charge >= 0.3 is 5.97 Å². The number of rotatable bonds is 7. The van der Waals surface area contributed by atoms with Gasteiger partial charge in [-0.2, -0.15) is 0 Å². The average Bonchev–Trinajstić information content (AvgIpc) is 2.74. The second-order valence-electron chi connectivity index (χ2n) is 4.66. The van der Waals surface area contributed by atoms with Gasteiger partial charge in [-0.15, -0.1) is 5.10 Å². The highest BCUT2D eigenvalue weighted by Crippen LogP contribution is 1.97. The molecule has 1 aromatic rings. The number of carbonyl (C=O) groups is 2. The van der Waals surface area contributed by atoms with E-state index in [4.69, 9.17) is 5.11 Å². The first-order valence-electron chi connectivity index (χ1n) is 5.96. The van der Waals surface area contributed by atoms with Gasteiger partial charge in [0.15, 0.2) is 5.69 Å². The zero-order chi connectivity index (χ0) is 14.4. The first kappa shape index (κ1) is 15.1. The quantitative estimate of drug-likeness (QED) is 0.687. The lowest BCUT2D eigenvalue weighted by Gasteiger charge is -2.15. The maximum atomic E-state index is 11.8. The largest absolute Gasteiger partial charge is 0.480 e. The molecule has 0 fully saturated rings. The van der Waals surface area contributed by atoms with Gasteiger partial charge in [-0.25, -0.2) is 4.68 Å². The molecule has 0 aliphatic rings. The molecule has 2 N–H and O–H groups in total. The lowest BCUT2D eigenvalue weighted by Crippen LogP contribution is -2.35. The van der Waals surface area contributed by atoms with Crippen molar-refractivity contribution in [3.8, 4) is 0 Å². The summed E-state index contributed by atoms with van der Waals surface area (Å²) in [6.07, 6.45) is 2.14. The third-order valence-electron chi connectivity index (χ3n) is 2.46. The molecule has 1 amide bonds. The van der Waals surface area contributed by atoms with Crippen LogP contribution in [-0.2, 0) is 11.3 Å². The van der Waals surface area contributed by atoms with Crippen LogP contribution in [0.1, 0.15) is 23.8 Å². The summed E-state index contributed by atoms with van der Waals surface area (Å²) in [6, 6.07) is 0.0134. The summed E-state index contributed by atoms with van der Waals surface area (Å²) in [7, 11) is 3.93. The molecule has 0 saturated carbocycles. The van der Waals surface area contributed by atoms with E-state index in [0.29, 0.717) is 0 Å². The van der Waals surface area contributed by atoms with Crippen LogP contribution in [0.2, 0.25) is 0 Å². The Bertz CT molecular complexity index is 443. The summed E-state index contributed by atoms with van der Waals surface area (Å²) in [5.41, 5.74) is 0.123. The molecule has 0 radical (unpaired) electrons. The molecule has 8 nitrogen and oxygen atoms in total. The van der Waals surface area contributed by atoms with Crippen molar-refractivity contribution >= 4 is 11.9 Å². The van der Waals surface area contributed by atoms with Gasteiger partial charge in [-0.1, -0.05) is 5.21 Å². The third-order valence-corrected chi connectivity index (χ3v) is 2.46. The second kappa shape index (κ2) is 6.83. The van der Waals surface area contributed by atoms with E-state index in [2.05, 4.69) is 15.6 Å². The fourth-order valence-corrected chi connectivity index (χ4v) is 1.44. The molecule has 19 heavy (non-hydrogen) atoms. The van der Waals surface area contributed by atoms with Gasteiger partial charge in [-0.05, 0) is 34.0 Å². The maximum Gasteiger partial charge on any atom is 0.325 e. The summed E-state index contributed by atoms with van der Waals surface area (Å²) < 4.78 is 1.11. The first-order valence-corrected chi connectivity index (χ1v) is 5.96. The number of carbonyl (C=O) groups excluding carboxylic acids is 1. The Labute approximate surface area is 111 Å². The molecule has 0 saturated heterocycles. The van der Waals surface area contributed by atoms with Crippen LogP contribution in [0.3, 0.4) is 0 Å². The van der Waals surface area contributed by atoms with Crippen LogP contribution in [0.25, 0.3) is 0 Å². The van der Waals surface area contributed by atoms with Crippen LogP contribution < -0.4 is 5.32 Å². The maximum absolute atomic E-state index is 11.8. The summed E-state index contributed by atoms with van der Waals surface area (Å²) in [5.74, 6) is -1.38. The number of nitrogens with zero attached hydrogens (tertiary/aromatic N) is 4. The van der Waals surface area contributed by atoms with Gasteiger partial charge in [0.05, 0.1) is 6.20 Å². The van der Waals surface area contributed by atoms with E-state index in [9.17, 15) is 9.59 Å². The third kappa shape index (κ3) is 5.47. The Morgan fingerprint density at radius 3 is 2.79 bits per heavy atom. The summed E-state index contributed by atoms with van der Waals surface area (Å²) in [4.78, 5) is 24.3. The first-order chi connectivity index (χ1) is 8.88. The number of aliphatic carboxylic acids is 1. The predicted molar refractivity (Wildman–Crippen MR) is 67.8 cm³/mol. The van der Waals surface area contributed by atoms with Crippen LogP contribution in [0, 0.1) is 0 Å². The fourth-order valence-electron chi connectivity index (χ4n) is 1.44. The zero-order valence-corrected chi connectivity index (χ0v) is 11.3. The molecular weight excluding hydrogens is 250 g/mol. The van der Waals surface area contributed by atoms with Crippen LogP contribution in [0.15, 0.2) is 6.20 Å². The van der Waals surface area contributed by atoms with Crippen molar-refractivity contribution in [2.24, 2.45) is 0 Å². The summed E-state index contributed by atoms with van der Waals surface area (Å²) >= 11 is 0. The average molecular weight is 269 g/mol. The lowest BCUT2D eigenvalue weighted by atomic mass is 10.2. The molecule has 1 atom stereocenters. The highest BCUT2D eigenvalue weighted by Gasteiger charge is 2.14. The van der Waals surface area contributed by atoms with E-state index < -0.39 is 5.97 Å². The number of carboxylic acids is 1. The minimum atomic E-state index is -1.03. The van der Waals surface area contributed by atoms with Crippen LogP contribution >= 0.6 is 0 Å². The van der Waals surface area contributed by atoms with E-state index in [0.717, 1.165) is 17.6 Å². The Kier molecular flexibility index (Phi) is 5.43. The monoisotopic (exact) mass is 269 g/mol. The molecule has 0 spiro atoms. The van der Waals surface area contributed by atoms with Gasteiger partial charge in [0, 0.05) is 6.04 Å². The zero-order valence-electron chi connectivity index (χ0n) is 11.3. The van der Waals surface area contributed by atoms with Gasteiger partial charge in [0.2, 0.25) is 0 Å². The van der Waals surface area contributed by atoms with Crippen molar-refractivity contribution in [1.29, 1.82) is 0 Å². The van der Waals surface area contributed by atoms with E-state index in [1.807, 2.05) is 25.9 Å². The van der Waals surface area contributed by atoms with Crippen molar-refractivity contribution < 1.29 is 14.7 Å². The highest BCUT2D eigenvalue weighted by atomic mass is 16.4. The normalized spacial score (nSPS) is 12.4. The van der Waals surface area contributed by atoms with Gasteiger partial charge in [0.1, 0.15) is 6.54 Å². The van der Waals surface area contributed by atoms with Crippen molar-refractivity contribution in [3.05, 3.63) is 11.9 Å². The molecule has 0 aliphatic heterocycles. The minimum absolute atomic E-state index is 0.0134. The molecule has 106 valence electrons. The number of hydrogen-bond donors (Lipinski definition) is 2. The topological polar surface area (TPSA) is 100 Å². The van der Waals surface area contributed by atoms with E-state index >= 15 is 0 Å². The molecule has 1 unspecified atom stereocenters. The molecule has 1 heterocycles. The Hall–Kier alpha value is -1.96. The fraction of sp³-hybridized carbons (Fsp3) is 0.636. The molecule has 1 aromatic heterocycles. The molecule has 0 bridgehead atoms. The van der Waals surface area contributed by atoms with E-state index in [1.54, 1.807) is 0 Å². The predicted octanol–water partition coefficient (Wildman–Crippen LogP) is -0.567. The summed E-state index contributed by atoms with van der Waals surface area (Å²) in [6.45, 7) is 2.46. The van der Waals surface area contributed by atoms with Gasteiger partial charge in [0.25, 0.3) is 5.91 Å². The molecule has 1 rings (SSSR count). The Morgan fingerprint density at radius 2 is 2.21 bits per heavy atom. The van der Waals surface area contributed by atoms with Crippen molar-refractivity contribution in [2.45, 2.75) is 25.9 Å². The Balaban J connectivity index is 2.48. The lowest BCUT2D eigenvalue weighted by molar-refractivity contribution is -0.137. The van der Waals surface area contributed by atoms with Crippen molar-refractivity contribution in [1.82, 2.24) is 25.2 Å². The SMILES string of the molecule is CC(CCN(C)C)NC(=O)c1cn(CC(=O)O)nn1. The number of nitrogens with one attached hydrogen (secondary N) is 1.